The average molecular weight is 409 g/mol. The largest absolute Gasteiger partial charge is 0.298 e. The molecule has 5 heteroatoms. The minimum Gasteiger partial charge on any atom is -0.298 e. The second kappa shape index (κ2) is 6.78. The molecule has 0 spiro atoms. The Morgan fingerprint density at radius 1 is 1.08 bits per heavy atom. The number of carbonyl (C=O) groups is 1. The maximum absolute atomic E-state index is 12.2. The lowest BCUT2D eigenvalue weighted by Gasteiger charge is -1.97. The number of hydrogen-bond acceptors (Lipinski definition) is 3. The van der Waals surface area contributed by atoms with Crippen molar-refractivity contribution in [2.24, 2.45) is 0 Å². The van der Waals surface area contributed by atoms with Crippen LogP contribution in [0.4, 0.5) is 5.13 Å². The van der Waals surface area contributed by atoms with Crippen molar-refractivity contribution in [1.82, 2.24) is 4.98 Å². The number of halogens is 1. The van der Waals surface area contributed by atoms with Gasteiger partial charge in [0.25, 0.3) is 0 Å². The van der Waals surface area contributed by atoms with E-state index in [0.29, 0.717) is 5.13 Å². The molecule has 1 aromatic heterocycles. The smallest absolute Gasteiger partial charge is 0.250 e. The summed E-state index contributed by atoms with van der Waals surface area (Å²) in [5, 5.41) is 5.70. The van der Waals surface area contributed by atoms with Crippen LogP contribution < -0.4 is 5.32 Å². The molecule has 0 radical (unpaired) electrons. The molecule has 1 N–H and O–H groups in total. The van der Waals surface area contributed by atoms with Gasteiger partial charge < -0.3 is 0 Å². The van der Waals surface area contributed by atoms with Gasteiger partial charge in [-0.25, -0.2) is 4.98 Å². The molecule has 1 amide bonds. The van der Waals surface area contributed by atoms with E-state index in [1.165, 1.54) is 17.4 Å². The number of amides is 1. The van der Waals surface area contributed by atoms with Crippen molar-refractivity contribution < 1.29 is 4.79 Å². The van der Waals surface area contributed by atoms with Gasteiger partial charge in [0.15, 0.2) is 5.13 Å². The maximum atomic E-state index is 12.2. The molecule has 0 saturated heterocycles. The SMILES string of the molecule is O=C(C=Cc1cccc(Br)c1)Nc1nc2c(ccc3ccccc32)s1. The van der Waals surface area contributed by atoms with Crippen LogP contribution in [-0.2, 0) is 4.79 Å². The van der Waals surface area contributed by atoms with Crippen LogP contribution in [0.5, 0.6) is 0 Å². The normalized spacial score (nSPS) is 11.4. The van der Waals surface area contributed by atoms with Gasteiger partial charge in [-0.05, 0) is 35.2 Å². The zero-order valence-corrected chi connectivity index (χ0v) is 15.5. The topological polar surface area (TPSA) is 42.0 Å². The minimum atomic E-state index is -0.191. The van der Waals surface area contributed by atoms with Gasteiger partial charge in [-0.2, -0.15) is 0 Å². The van der Waals surface area contributed by atoms with E-state index in [1.54, 1.807) is 6.08 Å². The van der Waals surface area contributed by atoms with E-state index in [-0.39, 0.29) is 5.91 Å². The fraction of sp³-hybridized carbons (Fsp3) is 0. The van der Waals surface area contributed by atoms with E-state index in [2.05, 4.69) is 44.4 Å². The van der Waals surface area contributed by atoms with Crippen molar-refractivity contribution in [3.8, 4) is 0 Å². The lowest BCUT2D eigenvalue weighted by atomic mass is 10.1. The zero-order chi connectivity index (χ0) is 17.2. The molecule has 0 saturated carbocycles. The van der Waals surface area contributed by atoms with E-state index >= 15 is 0 Å². The van der Waals surface area contributed by atoms with Crippen LogP contribution in [0.25, 0.3) is 27.1 Å². The third-order valence-corrected chi connectivity index (χ3v) is 5.22. The Balaban J connectivity index is 1.58. The number of benzene rings is 3. The summed E-state index contributed by atoms with van der Waals surface area (Å²) >= 11 is 4.90. The van der Waals surface area contributed by atoms with Crippen LogP contribution in [0.2, 0.25) is 0 Å². The molecule has 1 heterocycles. The van der Waals surface area contributed by atoms with Crippen LogP contribution >= 0.6 is 27.3 Å². The zero-order valence-electron chi connectivity index (χ0n) is 13.1. The molecule has 122 valence electrons. The average Bonchev–Trinajstić information content (AvgIpc) is 3.03. The van der Waals surface area contributed by atoms with Crippen molar-refractivity contribution in [3.63, 3.8) is 0 Å². The highest BCUT2D eigenvalue weighted by Crippen LogP contribution is 2.31. The van der Waals surface area contributed by atoms with Crippen molar-refractivity contribution in [2.75, 3.05) is 5.32 Å². The van der Waals surface area contributed by atoms with Gasteiger partial charge in [0.1, 0.15) is 0 Å². The van der Waals surface area contributed by atoms with E-state index in [1.807, 2.05) is 42.5 Å². The predicted molar refractivity (Wildman–Crippen MR) is 109 cm³/mol. The second-order valence-electron chi connectivity index (χ2n) is 5.53. The summed E-state index contributed by atoms with van der Waals surface area (Å²) in [5.74, 6) is -0.191. The molecular formula is C20H13BrN2OS. The number of nitrogens with one attached hydrogen (secondary N) is 1. The molecule has 3 nitrogen and oxygen atoms in total. The highest BCUT2D eigenvalue weighted by Gasteiger charge is 2.08. The van der Waals surface area contributed by atoms with Gasteiger partial charge in [0.2, 0.25) is 5.91 Å². The van der Waals surface area contributed by atoms with Gasteiger partial charge >= 0.3 is 0 Å². The summed E-state index contributed by atoms with van der Waals surface area (Å²) in [6.45, 7) is 0. The van der Waals surface area contributed by atoms with E-state index in [4.69, 9.17) is 0 Å². The number of aromatic nitrogens is 1. The fourth-order valence-corrected chi connectivity index (χ4v) is 3.95. The number of hydrogen-bond donors (Lipinski definition) is 1. The van der Waals surface area contributed by atoms with Crippen LogP contribution in [0.15, 0.2) is 71.2 Å². The monoisotopic (exact) mass is 408 g/mol. The summed E-state index contributed by atoms with van der Waals surface area (Å²) in [4.78, 5) is 16.8. The predicted octanol–water partition coefficient (Wildman–Crippen LogP) is 5.86. The fourth-order valence-electron chi connectivity index (χ4n) is 2.64. The Bertz CT molecular complexity index is 1120. The van der Waals surface area contributed by atoms with Gasteiger partial charge in [0, 0.05) is 15.9 Å². The molecule has 4 aromatic rings. The summed E-state index contributed by atoms with van der Waals surface area (Å²) < 4.78 is 2.04. The van der Waals surface area contributed by atoms with E-state index in [9.17, 15) is 4.79 Å². The Kier molecular flexibility index (Phi) is 4.34. The first-order valence-corrected chi connectivity index (χ1v) is 9.33. The molecule has 4 rings (SSSR count). The molecule has 3 aromatic carbocycles. The number of rotatable bonds is 3. The van der Waals surface area contributed by atoms with Gasteiger partial charge in [-0.15, -0.1) is 0 Å². The van der Waals surface area contributed by atoms with Crippen LogP contribution in [0, 0.1) is 0 Å². The standard InChI is InChI=1S/C20H13BrN2OS/c21-15-6-3-4-13(12-15)8-11-18(24)22-20-23-19-16-7-2-1-5-14(16)9-10-17(19)25-20/h1-12H,(H,22,23,24). The van der Waals surface area contributed by atoms with Crippen molar-refractivity contribution in [2.45, 2.75) is 0 Å². The minimum absolute atomic E-state index is 0.191. The van der Waals surface area contributed by atoms with Crippen molar-refractivity contribution in [3.05, 3.63) is 76.8 Å². The lowest BCUT2D eigenvalue weighted by molar-refractivity contribution is -0.111. The van der Waals surface area contributed by atoms with E-state index in [0.717, 1.165) is 31.0 Å². The highest BCUT2D eigenvalue weighted by molar-refractivity contribution is 9.10. The maximum Gasteiger partial charge on any atom is 0.250 e. The number of anilines is 1. The Hall–Kier alpha value is -2.50. The molecule has 0 fully saturated rings. The first-order valence-electron chi connectivity index (χ1n) is 7.72. The molecule has 0 aliphatic carbocycles. The number of carbonyl (C=O) groups excluding carboxylic acids is 1. The molecule has 25 heavy (non-hydrogen) atoms. The van der Waals surface area contributed by atoms with Crippen LogP contribution in [0.1, 0.15) is 5.56 Å². The summed E-state index contributed by atoms with van der Waals surface area (Å²) in [6, 6.07) is 20.0. The summed E-state index contributed by atoms with van der Waals surface area (Å²) in [5.41, 5.74) is 1.88. The molecule has 0 aliphatic heterocycles. The molecule has 0 bridgehead atoms. The molecular weight excluding hydrogens is 396 g/mol. The molecule has 0 unspecified atom stereocenters. The quantitative estimate of drug-likeness (QED) is 0.431. The van der Waals surface area contributed by atoms with E-state index < -0.39 is 0 Å². The number of thiazole rings is 1. The second-order valence-corrected chi connectivity index (χ2v) is 7.48. The molecule has 0 atom stereocenters. The number of nitrogens with zero attached hydrogens (tertiary/aromatic N) is 1. The third kappa shape index (κ3) is 3.48. The first-order chi connectivity index (χ1) is 12.2. The first kappa shape index (κ1) is 16.0. The Labute approximate surface area is 157 Å². The number of fused-ring (bicyclic) bond motifs is 3. The third-order valence-electron chi connectivity index (χ3n) is 3.79. The highest BCUT2D eigenvalue weighted by atomic mass is 79.9. The Morgan fingerprint density at radius 3 is 2.84 bits per heavy atom. The summed E-state index contributed by atoms with van der Waals surface area (Å²) in [6.07, 6.45) is 3.30. The van der Waals surface area contributed by atoms with Crippen LogP contribution in [0.3, 0.4) is 0 Å². The van der Waals surface area contributed by atoms with Crippen LogP contribution in [-0.4, -0.2) is 10.9 Å². The van der Waals surface area contributed by atoms with Gasteiger partial charge in [-0.3, -0.25) is 10.1 Å². The van der Waals surface area contributed by atoms with Gasteiger partial charge in [-0.1, -0.05) is 69.7 Å². The van der Waals surface area contributed by atoms with Gasteiger partial charge in [0.05, 0.1) is 10.2 Å². The Morgan fingerprint density at radius 2 is 1.96 bits per heavy atom. The molecule has 0 aliphatic rings. The lowest BCUT2D eigenvalue weighted by Crippen LogP contribution is -2.07. The van der Waals surface area contributed by atoms with Crippen molar-refractivity contribution in [1.29, 1.82) is 0 Å². The van der Waals surface area contributed by atoms with Crippen molar-refractivity contribution >= 4 is 65.4 Å². The summed E-state index contributed by atoms with van der Waals surface area (Å²) in [7, 11) is 0.